The van der Waals surface area contributed by atoms with Crippen LogP contribution in [0.2, 0.25) is 0 Å². The Morgan fingerprint density at radius 2 is 2.10 bits per heavy atom. The van der Waals surface area contributed by atoms with Gasteiger partial charge in [-0.05, 0) is 40.2 Å². The molecule has 0 spiro atoms. The number of carbonyl (C=O) groups excluding carboxylic acids is 1. The third-order valence-electron chi connectivity index (χ3n) is 2.70. The van der Waals surface area contributed by atoms with E-state index in [4.69, 9.17) is 18.0 Å². The van der Waals surface area contributed by atoms with E-state index in [0.29, 0.717) is 10.7 Å². The predicted molar refractivity (Wildman–Crippen MR) is 85.2 cm³/mol. The van der Waals surface area contributed by atoms with Crippen LogP contribution in [-0.4, -0.2) is 39.7 Å². The number of rotatable bonds is 3. The average molecular weight is 353 g/mol. The molecule has 2 rings (SSSR count). The van der Waals surface area contributed by atoms with Crippen LogP contribution in [0.3, 0.4) is 0 Å². The van der Waals surface area contributed by atoms with Crippen LogP contribution in [0.15, 0.2) is 34.9 Å². The lowest BCUT2D eigenvalue weighted by atomic mass is 10.2. The van der Waals surface area contributed by atoms with Crippen molar-refractivity contribution < 1.29 is 4.79 Å². The van der Waals surface area contributed by atoms with Gasteiger partial charge in [0.1, 0.15) is 4.99 Å². The first-order valence-electron chi connectivity index (χ1n) is 5.77. The fourth-order valence-electron chi connectivity index (χ4n) is 1.66. The minimum atomic E-state index is -0.137. The van der Waals surface area contributed by atoms with Crippen molar-refractivity contribution in [1.82, 2.24) is 14.7 Å². The summed E-state index contributed by atoms with van der Waals surface area (Å²) in [5, 5.41) is 4.26. The van der Waals surface area contributed by atoms with Crippen molar-refractivity contribution in [1.29, 1.82) is 0 Å². The summed E-state index contributed by atoms with van der Waals surface area (Å²) in [6, 6.07) is 7.19. The second-order valence-electron chi connectivity index (χ2n) is 4.37. The first-order chi connectivity index (χ1) is 9.40. The molecule has 1 aromatic heterocycles. The van der Waals surface area contributed by atoms with E-state index in [9.17, 15) is 4.79 Å². The van der Waals surface area contributed by atoms with Crippen molar-refractivity contribution in [3.63, 3.8) is 0 Å². The molecule has 2 N–H and O–H groups in total. The maximum absolute atomic E-state index is 11.8. The normalized spacial score (nSPS) is 10.3. The fourth-order valence-corrected chi connectivity index (χ4v) is 2.55. The number of thiocarbonyl (C=S) groups is 1. The Labute approximate surface area is 130 Å². The molecule has 0 radical (unpaired) electrons. The number of aromatic nitrogens is 2. The quantitative estimate of drug-likeness (QED) is 0.857. The van der Waals surface area contributed by atoms with Crippen LogP contribution in [0.5, 0.6) is 0 Å². The predicted octanol–water partition coefficient (Wildman–Crippen LogP) is 1.97. The lowest BCUT2D eigenvalue weighted by molar-refractivity contribution is 0.0821. The molecular formula is C13H13BrN4OS. The molecule has 0 unspecified atom stereocenters. The summed E-state index contributed by atoms with van der Waals surface area (Å²) < 4.78 is 2.42. The van der Waals surface area contributed by atoms with Gasteiger partial charge in [-0.15, -0.1) is 0 Å². The monoisotopic (exact) mass is 352 g/mol. The van der Waals surface area contributed by atoms with Gasteiger partial charge in [-0.2, -0.15) is 5.10 Å². The van der Waals surface area contributed by atoms with Gasteiger partial charge in [0, 0.05) is 30.3 Å². The Morgan fingerprint density at radius 3 is 2.65 bits per heavy atom. The van der Waals surface area contributed by atoms with E-state index in [0.717, 1.165) is 15.7 Å². The summed E-state index contributed by atoms with van der Waals surface area (Å²) in [5.74, 6) is -0.137. The Hall–Kier alpha value is -1.73. The summed E-state index contributed by atoms with van der Waals surface area (Å²) >= 11 is 8.37. The van der Waals surface area contributed by atoms with Crippen molar-refractivity contribution in [2.45, 2.75) is 0 Å². The van der Waals surface area contributed by atoms with E-state index in [1.165, 1.54) is 4.90 Å². The van der Waals surface area contributed by atoms with Crippen LogP contribution < -0.4 is 5.73 Å². The Kier molecular flexibility index (Phi) is 4.20. The Bertz CT molecular complexity index is 681. The highest BCUT2D eigenvalue weighted by atomic mass is 79.9. The summed E-state index contributed by atoms with van der Waals surface area (Å²) in [7, 11) is 3.38. The number of carbonyl (C=O) groups is 1. The molecule has 0 saturated carbocycles. The maximum atomic E-state index is 11.8. The molecule has 104 valence electrons. The molecule has 0 saturated heterocycles. The summed E-state index contributed by atoms with van der Waals surface area (Å²) in [6.45, 7) is 0. The average Bonchev–Trinajstić information content (AvgIpc) is 2.86. The van der Waals surface area contributed by atoms with Crippen molar-refractivity contribution >= 4 is 39.0 Å². The second kappa shape index (κ2) is 5.72. The number of benzene rings is 1. The van der Waals surface area contributed by atoms with Gasteiger partial charge in [0.15, 0.2) is 5.69 Å². The van der Waals surface area contributed by atoms with Gasteiger partial charge in [-0.3, -0.25) is 4.79 Å². The molecule has 0 aliphatic rings. The molecule has 1 aromatic carbocycles. The van der Waals surface area contributed by atoms with Gasteiger partial charge >= 0.3 is 0 Å². The topological polar surface area (TPSA) is 64.2 Å². The summed E-state index contributed by atoms with van der Waals surface area (Å²) in [6.07, 6.45) is 1.74. The van der Waals surface area contributed by atoms with E-state index >= 15 is 0 Å². The van der Waals surface area contributed by atoms with Gasteiger partial charge in [-0.25, -0.2) is 4.68 Å². The van der Waals surface area contributed by atoms with Gasteiger partial charge in [0.25, 0.3) is 5.91 Å². The van der Waals surface area contributed by atoms with Gasteiger partial charge in [-0.1, -0.05) is 12.2 Å². The molecular weight excluding hydrogens is 340 g/mol. The number of hydrogen-bond donors (Lipinski definition) is 1. The molecule has 0 atom stereocenters. The molecule has 0 fully saturated rings. The second-order valence-corrected chi connectivity index (χ2v) is 5.67. The van der Waals surface area contributed by atoms with Crippen molar-refractivity contribution in [2.75, 3.05) is 14.1 Å². The third kappa shape index (κ3) is 2.88. The summed E-state index contributed by atoms with van der Waals surface area (Å²) in [5.41, 5.74) is 7.58. The van der Waals surface area contributed by atoms with Crippen LogP contribution in [0.25, 0.3) is 5.69 Å². The first kappa shape index (κ1) is 14.7. The molecule has 20 heavy (non-hydrogen) atoms. The van der Waals surface area contributed by atoms with Crippen molar-refractivity contribution in [3.8, 4) is 5.69 Å². The third-order valence-corrected chi connectivity index (χ3v) is 3.57. The molecule has 2 aromatic rings. The standard InChI is InChI=1S/C13H13BrN4OS/c1-17(2)13(19)11-5-6-18(16-11)8-3-4-9(12(15)20)10(14)7-8/h3-7H,1-2H3,(H2,15,20). The highest BCUT2D eigenvalue weighted by Crippen LogP contribution is 2.21. The van der Waals surface area contributed by atoms with E-state index < -0.39 is 0 Å². The van der Waals surface area contributed by atoms with E-state index in [1.807, 2.05) is 18.2 Å². The SMILES string of the molecule is CN(C)C(=O)c1ccn(-c2ccc(C(N)=S)c(Br)c2)n1. The van der Waals surface area contributed by atoms with Crippen molar-refractivity contribution in [3.05, 3.63) is 46.2 Å². The number of hydrogen-bond acceptors (Lipinski definition) is 3. The van der Waals surface area contributed by atoms with Gasteiger partial charge < -0.3 is 10.6 Å². The van der Waals surface area contributed by atoms with Crippen LogP contribution >= 0.6 is 28.1 Å². The van der Waals surface area contributed by atoms with Crippen LogP contribution in [0.4, 0.5) is 0 Å². The smallest absolute Gasteiger partial charge is 0.273 e. The molecule has 7 heteroatoms. The lowest BCUT2D eigenvalue weighted by Gasteiger charge is -2.08. The van der Waals surface area contributed by atoms with E-state index in [2.05, 4.69) is 21.0 Å². The Balaban J connectivity index is 2.36. The molecule has 1 amide bonds. The molecule has 0 aliphatic carbocycles. The molecule has 1 heterocycles. The van der Waals surface area contributed by atoms with Crippen molar-refractivity contribution in [2.24, 2.45) is 5.73 Å². The van der Waals surface area contributed by atoms with Gasteiger partial charge in [0.05, 0.1) is 5.69 Å². The van der Waals surface area contributed by atoms with Crippen LogP contribution in [-0.2, 0) is 0 Å². The zero-order chi connectivity index (χ0) is 14.9. The maximum Gasteiger partial charge on any atom is 0.273 e. The van der Waals surface area contributed by atoms with E-state index in [1.54, 1.807) is 31.0 Å². The minimum absolute atomic E-state index is 0.137. The number of amides is 1. The number of nitrogens with two attached hydrogens (primary N) is 1. The fraction of sp³-hybridized carbons (Fsp3) is 0.154. The zero-order valence-electron chi connectivity index (χ0n) is 11.0. The minimum Gasteiger partial charge on any atom is -0.389 e. The molecule has 0 aliphatic heterocycles. The highest BCUT2D eigenvalue weighted by molar-refractivity contribution is 9.10. The van der Waals surface area contributed by atoms with E-state index in [-0.39, 0.29) is 5.91 Å². The zero-order valence-corrected chi connectivity index (χ0v) is 13.4. The largest absolute Gasteiger partial charge is 0.389 e. The Morgan fingerprint density at radius 1 is 1.40 bits per heavy atom. The van der Waals surface area contributed by atoms with Crippen LogP contribution in [0.1, 0.15) is 16.1 Å². The number of halogens is 1. The number of nitrogens with zero attached hydrogens (tertiary/aromatic N) is 3. The van der Waals surface area contributed by atoms with Gasteiger partial charge in [0.2, 0.25) is 0 Å². The molecule has 5 nitrogen and oxygen atoms in total. The summed E-state index contributed by atoms with van der Waals surface area (Å²) in [4.78, 5) is 13.6. The first-order valence-corrected chi connectivity index (χ1v) is 6.97. The highest BCUT2D eigenvalue weighted by Gasteiger charge is 2.12. The molecule has 0 bridgehead atoms. The van der Waals surface area contributed by atoms with Crippen LogP contribution in [0, 0.1) is 0 Å². The lowest BCUT2D eigenvalue weighted by Crippen LogP contribution is -2.22.